The van der Waals surface area contributed by atoms with E-state index in [1.807, 2.05) is 19.2 Å². The number of anilines is 1. The highest BCUT2D eigenvalue weighted by atomic mass is 16.5. The molecule has 1 saturated heterocycles. The van der Waals surface area contributed by atoms with Crippen molar-refractivity contribution >= 4 is 11.6 Å². The van der Waals surface area contributed by atoms with E-state index < -0.39 is 0 Å². The summed E-state index contributed by atoms with van der Waals surface area (Å²) in [6.45, 7) is 7.94. The van der Waals surface area contributed by atoms with Crippen LogP contribution in [0.4, 0.5) is 5.69 Å². The van der Waals surface area contributed by atoms with Gasteiger partial charge in [0.1, 0.15) is 0 Å². The maximum atomic E-state index is 11.8. The van der Waals surface area contributed by atoms with Crippen LogP contribution in [0.2, 0.25) is 0 Å². The Bertz CT molecular complexity index is 461. The van der Waals surface area contributed by atoms with Crippen LogP contribution < -0.4 is 10.6 Å². The summed E-state index contributed by atoms with van der Waals surface area (Å²) in [5, 5.41) is 6.25. The molecule has 1 aliphatic heterocycles. The van der Waals surface area contributed by atoms with Gasteiger partial charge in [0, 0.05) is 50.7 Å². The molecule has 0 atom stereocenters. The van der Waals surface area contributed by atoms with Gasteiger partial charge in [-0.2, -0.15) is 0 Å². The van der Waals surface area contributed by atoms with Crippen LogP contribution in [0.25, 0.3) is 0 Å². The zero-order chi connectivity index (χ0) is 15.6. The zero-order valence-electron chi connectivity index (χ0n) is 13.3. The number of aromatic nitrogens is 1. The first-order valence-corrected chi connectivity index (χ1v) is 7.97. The second-order valence-corrected chi connectivity index (χ2v) is 5.52. The normalized spacial score (nSPS) is 15.5. The molecule has 2 heterocycles. The summed E-state index contributed by atoms with van der Waals surface area (Å²) in [5.74, 6) is 0.126. The average Bonchev–Trinajstić information content (AvgIpc) is 2.54. The van der Waals surface area contributed by atoms with E-state index in [-0.39, 0.29) is 5.91 Å². The van der Waals surface area contributed by atoms with E-state index >= 15 is 0 Å². The number of nitrogens with one attached hydrogen (secondary N) is 2. The second-order valence-electron chi connectivity index (χ2n) is 5.52. The van der Waals surface area contributed by atoms with Gasteiger partial charge in [0.25, 0.3) is 0 Å². The Morgan fingerprint density at radius 3 is 2.95 bits per heavy atom. The van der Waals surface area contributed by atoms with Gasteiger partial charge >= 0.3 is 0 Å². The molecule has 1 fully saturated rings. The number of carbonyl (C=O) groups is 1. The number of aryl methyl sites for hydroxylation is 1. The summed E-state index contributed by atoms with van der Waals surface area (Å²) in [7, 11) is 0. The van der Waals surface area contributed by atoms with Gasteiger partial charge in [-0.15, -0.1) is 0 Å². The van der Waals surface area contributed by atoms with Crippen molar-refractivity contribution in [3.05, 3.63) is 24.0 Å². The predicted molar refractivity (Wildman–Crippen MR) is 87.0 cm³/mol. The molecule has 0 radical (unpaired) electrons. The lowest BCUT2D eigenvalue weighted by Gasteiger charge is -2.26. The van der Waals surface area contributed by atoms with Crippen molar-refractivity contribution in [1.82, 2.24) is 15.2 Å². The van der Waals surface area contributed by atoms with Gasteiger partial charge in [-0.25, -0.2) is 0 Å². The summed E-state index contributed by atoms with van der Waals surface area (Å²) in [4.78, 5) is 18.2. The van der Waals surface area contributed by atoms with Crippen molar-refractivity contribution in [1.29, 1.82) is 0 Å². The lowest BCUT2D eigenvalue weighted by molar-refractivity contribution is -0.121. The highest BCUT2D eigenvalue weighted by molar-refractivity contribution is 5.75. The van der Waals surface area contributed by atoms with Crippen LogP contribution in [0.5, 0.6) is 0 Å². The maximum Gasteiger partial charge on any atom is 0.220 e. The monoisotopic (exact) mass is 306 g/mol. The molecule has 6 heteroatoms. The number of ether oxygens (including phenoxy) is 1. The summed E-state index contributed by atoms with van der Waals surface area (Å²) in [5.41, 5.74) is 2.18. The van der Waals surface area contributed by atoms with Gasteiger partial charge in [-0.1, -0.05) is 0 Å². The third-order valence-electron chi connectivity index (χ3n) is 3.76. The van der Waals surface area contributed by atoms with Crippen LogP contribution in [-0.2, 0) is 9.53 Å². The zero-order valence-corrected chi connectivity index (χ0v) is 13.3. The molecular weight excluding hydrogens is 280 g/mol. The number of pyridine rings is 1. The molecule has 0 saturated carbocycles. The Hall–Kier alpha value is -1.66. The molecule has 0 bridgehead atoms. The Kier molecular flexibility index (Phi) is 7.12. The minimum Gasteiger partial charge on any atom is -0.383 e. The minimum atomic E-state index is 0.126. The Morgan fingerprint density at radius 1 is 1.36 bits per heavy atom. The topological polar surface area (TPSA) is 66.5 Å². The van der Waals surface area contributed by atoms with E-state index in [2.05, 4.69) is 20.5 Å². The molecular formula is C16H26N4O2. The highest BCUT2D eigenvalue weighted by Crippen LogP contribution is 2.10. The molecule has 1 aromatic heterocycles. The molecule has 1 aromatic rings. The number of amides is 1. The van der Waals surface area contributed by atoms with Crippen LogP contribution in [0.15, 0.2) is 18.5 Å². The Morgan fingerprint density at radius 2 is 2.18 bits per heavy atom. The number of nitrogens with zero attached hydrogens (tertiary/aromatic N) is 2. The van der Waals surface area contributed by atoms with Gasteiger partial charge in [-0.05, 0) is 31.5 Å². The summed E-state index contributed by atoms with van der Waals surface area (Å²) in [6.07, 6.45) is 5.08. The van der Waals surface area contributed by atoms with Crippen LogP contribution in [-0.4, -0.2) is 61.7 Å². The fraction of sp³-hybridized carbons (Fsp3) is 0.625. The first-order chi connectivity index (χ1) is 10.8. The molecule has 0 unspecified atom stereocenters. The molecule has 122 valence electrons. The number of carbonyl (C=O) groups excluding carboxylic acids is 1. The quantitative estimate of drug-likeness (QED) is 0.702. The van der Waals surface area contributed by atoms with E-state index in [0.717, 1.165) is 57.1 Å². The van der Waals surface area contributed by atoms with Crippen molar-refractivity contribution in [2.45, 2.75) is 19.8 Å². The summed E-state index contributed by atoms with van der Waals surface area (Å²) >= 11 is 0. The van der Waals surface area contributed by atoms with E-state index in [9.17, 15) is 4.79 Å². The van der Waals surface area contributed by atoms with Crippen LogP contribution in [0.1, 0.15) is 18.4 Å². The average molecular weight is 306 g/mol. The lowest BCUT2D eigenvalue weighted by Crippen LogP contribution is -2.37. The highest BCUT2D eigenvalue weighted by Gasteiger charge is 2.10. The number of hydrogen-bond donors (Lipinski definition) is 2. The van der Waals surface area contributed by atoms with Gasteiger partial charge in [0.15, 0.2) is 0 Å². The van der Waals surface area contributed by atoms with Crippen molar-refractivity contribution < 1.29 is 9.53 Å². The minimum absolute atomic E-state index is 0.126. The number of morpholine rings is 1. The maximum absolute atomic E-state index is 11.8. The Balaban J connectivity index is 1.51. The van der Waals surface area contributed by atoms with Gasteiger partial charge in [0.2, 0.25) is 5.91 Å². The number of hydrogen-bond acceptors (Lipinski definition) is 5. The van der Waals surface area contributed by atoms with Crippen LogP contribution in [0.3, 0.4) is 0 Å². The fourth-order valence-electron chi connectivity index (χ4n) is 2.45. The third-order valence-corrected chi connectivity index (χ3v) is 3.76. The third kappa shape index (κ3) is 5.99. The molecule has 1 amide bonds. The molecule has 0 aromatic carbocycles. The van der Waals surface area contributed by atoms with Gasteiger partial charge in [0.05, 0.1) is 13.2 Å². The van der Waals surface area contributed by atoms with Crippen molar-refractivity contribution in [2.75, 3.05) is 51.3 Å². The first-order valence-electron chi connectivity index (χ1n) is 7.97. The molecule has 2 N–H and O–H groups in total. The van der Waals surface area contributed by atoms with Crippen molar-refractivity contribution in [3.8, 4) is 0 Å². The standard InChI is InChI=1S/C16H26N4O2/c1-14-13-17-5-4-15(14)18-6-7-19-16(21)3-2-8-20-9-11-22-12-10-20/h4-5,13H,2-3,6-12H2,1H3,(H,17,18)(H,19,21). The van der Waals surface area contributed by atoms with Crippen LogP contribution in [0, 0.1) is 6.92 Å². The lowest BCUT2D eigenvalue weighted by atomic mass is 10.2. The molecule has 1 aliphatic rings. The fourth-order valence-corrected chi connectivity index (χ4v) is 2.45. The second kappa shape index (κ2) is 9.38. The first kappa shape index (κ1) is 16.7. The molecule has 0 aliphatic carbocycles. The van der Waals surface area contributed by atoms with E-state index in [1.165, 1.54) is 0 Å². The van der Waals surface area contributed by atoms with Crippen molar-refractivity contribution in [2.24, 2.45) is 0 Å². The predicted octanol–water partition coefficient (Wildman–Crippen LogP) is 1.03. The van der Waals surface area contributed by atoms with Gasteiger partial charge < -0.3 is 15.4 Å². The molecule has 22 heavy (non-hydrogen) atoms. The largest absolute Gasteiger partial charge is 0.383 e. The van der Waals surface area contributed by atoms with E-state index in [1.54, 1.807) is 6.20 Å². The van der Waals surface area contributed by atoms with E-state index in [4.69, 9.17) is 4.74 Å². The number of rotatable bonds is 8. The SMILES string of the molecule is Cc1cnccc1NCCNC(=O)CCCN1CCOCC1. The van der Waals surface area contributed by atoms with Crippen molar-refractivity contribution in [3.63, 3.8) is 0 Å². The molecule has 6 nitrogen and oxygen atoms in total. The summed E-state index contributed by atoms with van der Waals surface area (Å²) < 4.78 is 5.31. The Labute approximate surface area is 132 Å². The smallest absolute Gasteiger partial charge is 0.220 e. The summed E-state index contributed by atoms with van der Waals surface area (Å²) in [6, 6.07) is 1.94. The van der Waals surface area contributed by atoms with Crippen LogP contribution >= 0.6 is 0 Å². The van der Waals surface area contributed by atoms with Gasteiger partial charge in [-0.3, -0.25) is 14.7 Å². The molecule has 2 rings (SSSR count). The van der Waals surface area contributed by atoms with E-state index in [0.29, 0.717) is 13.0 Å². The molecule has 0 spiro atoms.